The second-order valence-corrected chi connectivity index (χ2v) is 5.65. The predicted octanol–water partition coefficient (Wildman–Crippen LogP) is 3.81. The summed E-state index contributed by atoms with van der Waals surface area (Å²) in [6.07, 6.45) is 3.91. The Labute approximate surface area is 139 Å². The number of hydrogen-bond donors (Lipinski definition) is 2. The number of hydrogen-bond acceptors (Lipinski definition) is 2. The molecule has 0 aliphatic heterocycles. The van der Waals surface area contributed by atoms with Gasteiger partial charge in [-0.3, -0.25) is 4.68 Å². The molecule has 22 heavy (non-hydrogen) atoms. The maximum Gasteiger partial charge on any atom is 0.171 e. The quantitative estimate of drug-likeness (QED) is 0.620. The zero-order valence-corrected chi connectivity index (χ0v) is 13.8. The van der Waals surface area contributed by atoms with Crippen molar-refractivity contribution in [3.63, 3.8) is 0 Å². The van der Waals surface area contributed by atoms with Crippen LogP contribution in [0.5, 0.6) is 0 Å². The molecule has 1 aromatic carbocycles. The van der Waals surface area contributed by atoms with Crippen LogP contribution < -0.4 is 10.6 Å². The summed E-state index contributed by atoms with van der Waals surface area (Å²) in [7, 11) is 0. The zero-order valence-electron chi connectivity index (χ0n) is 12.3. The third-order valence-corrected chi connectivity index (χ3v) is 3.68. The number of nitrogens with one attached hydrogen (secondary N) is 2. The minimum Gasteiger partial charge on any atom is -0.362 e. The number of unbranched alkanes of at least 4 members (excludes halogenated alkanes) is 1. The zero-order chi connectivity index (χ0) is 15.9. The minimum atomic E-state index is -0.339. The lowest BCUT2D eigenvalue weighted by Crippen LogP contribution is -2.29. The monoisotopic (exact) mass is 340 g/mol. The molecule has 0 amide bonds. The van der Waals surface area contributed by atoms with Gasteiger partial charge in [-0.05, 0) is 30.8 Å². The maximum atomic E-state index is 13.8. The van der Waals surface area contributed by atoms with Crippen LogP contribution in [0.1, 0.15) is 25.3 Å². The van der Waals surface area contributed by atoms with Gasteiger partial charge < -0.3 is 10.6 Å². The highest BCUT2D eigenvalue weighted by Crippen LogP contribution is 2.20. The van der Waals surface area contributed by atoms with Crippen molar-refractivity contribution in [1.29, 1.82) is 0 Å². The van der Waals surface area contributed by atoms with Gasteiger partial charge in [-0.15, -0.1) is 0 Å². The van der Waals surface area contributed by atoms with Crippen LogP contribution in [0.4, 0.5) is 10.2 Å². The Bertz CT molecular complexity index is 624. The Hall–Kier alpha value is -1.66. The van der Waals surface area contributed by atoms with E-state index in [0.717, 1.165) is 19.4 Å². The molecule has 0 saturated heterocycles. The van der Waals surface area contributed by atoms with E-state index in [1.54, 1.807) is 29.1 Å². The molecule has 0 fully saturated rings. The molecule has 1 aromatic heterocycles. The van der Waals surface area contributed by atoms with Gasteiger partial charge in [-0.2, -0.15) is 5.10 Å². The van der Waals surface area contributed by atoms with Crippen LogP contribution in [0.25, 0.3) is 0 Å². The van der Waals surface area contributed by atoms with E-state index in [0.29, 0.717) is 21.5 Å². The predicted molar refractivity (Wildman–Crippen MR) is 91.9 cm³/mol. The second-order valence-electron chi connectivity index (χ2n) is 4.83. The van der Waals surface area contributed by atoms with E-state index < -0.39 is 0 Å². The summed E-state index contributed by atoms with van der Waals surface area (Å²) >= 11 is 11.2. The highest BCUT2D eigenvalue weighted by atomic mass is 35.5. The standard InChI is InChI=1S/C15H18ClFN4S/c1-2-3-8-18-15(22)19-14-7-9-21(20-14)10-11-12(16)5-4-6-13(11)17/h4-7,9H,2-3,8,10H2,1H3,(H2,18,19,20,22). The summed E-state index contributed by atoms with van der Waals surface area (Å²) in [6, 6.07) is 6.41. The Morgan fingerprint density at radius 2 is 2.23 bits per heavy atom. The molecular formula is C15H18ClFN4S. The second kappa shape index (κ2) is 8.10. The van der Waals surface area contributed by atoms with Gasteiger partial charge in [0.1, 0.15) is 5.82 Å². The van der Waals surface area contributed by atoms with Crippen molar-refractivity contribution in [3.05, 3.63) is 46.9 Å². The molecular weight excluding hydrogens is 323 g/mol. The summed E-state index contributed by atoms with van der Waals surface area (Å²) in [5, 5.41) is 11.3. The van der Waals surface area contributed by atoms with Crippen LogP contribution in [0.15, 0.2) is 30.5 Å². The Morgan fingerprint density at radius 1 is 1.41 bits per heavy atom. The third-order valence-electron chi connectivity index (χ3n) is 3.08. The first-order chi connectivity index (χ1) is 10.6. The highest BCUT2D eigenvalue weighted by molar-refractivity contribution is 7.80. The molecule has 2 rings (SSSR count). The summed E-state index contributed by atoms with van der Waals surface area (Å²) in [6.45, 7) is 3.21. The van der Waals surface area contributed by atoms with E-state index in [-0.39, 0.29) is 12.4 Å². The van der Waals surface area contributed by atoms with E-state index in [2.05, 4.69) is 22.7 Å². The van der Waals surface area contributed by atoms with E-state index in [9.17, 15) is 4.39 Å². The van der Waals surface area contributed by atoms with Crippen LogP contribution in [0, 0.1) is 5.82 Å². The lowest BCUT2D eigenvalue weighted by molar-refractivity contribution is 0.586. The molecule has 4 nitrogen and oxygen atoms in total. The molecule has 7 heteroatoms. The summed E-state index contributed by atoms with van der Waals surface area (Å²) in [5.41, 5.74) is 0.419. The SMILES string of the molecule is CCCCNC(=S)Nc1ccn(Cc2c(F)cccc2Cl)n1. The molecule has 0 aliphatic carbocycles. The minimum absolute atomic E-state index is 0.267. The highest BCUT2D eigenvalue weighted by Gasteiger charge is 2.09. The first kappa shape index (κ1) is 16.7. The summed E-state index contributed by atoms with van der Waals surface area (Å²) in [4.78, 5) is 0. The molecule has 0 spiro atoms. The molecule has 0 saturated carbocycles. The number of anilines is 1. The number of thiocarbonyl (C=S) groups is 1. The normalized spacial score (nSPS) is 10.5. The third kappa shape index (κ3) is 4.68. The van der Waals surface area contributed by atoms with Gasteiger partial charge in [0.25, 0.3) is 0 Å². The van der Waals surface area contributed by atoms with Gasteiger partial charge >= 0.3 is 0 Å². The molecule has 0 radical (unpaired) electrons. The number of aromatic nitrogens is 2. The largest absolute Gasteiger partial charge is 0.362 e. The number of benzene rings is 1. The van der Waals surface area contributed by atoms with Crippen LogP contribution in [-0.2, 0) is 6.54 Å². The first-order valence-electron chi connectivity index (χ1n) is 7.11. The number of nitrogens with zero attached hydrogens (tertiary/aromatic N) is 2. The molecule has 0 bridgehead atoms. The fourth-order valence-corrected chi connectivity index (χ4v) is 2.33. The van der Waals surface area contributed by atoms with E-state index >= 15 is 0 Å². The van der Waals surface area contributed by atoms with Gasteiger partial charge in [0.2, 0.25) is 0 Å². The lowest BCUT2D eigenvalue weighted by Gasteiger charge is -2.08. The average molecular weight is 341 g/mol. The lowest BCUT2D eigenvalue weighted by atomic mass is 10.2. The van der Waals surface area contributed by atoms with E-state index in [4.69, 9.17) is 23.8 Å². The van der Waals surface area contributed by atoms with Crippen molar-refractivity contribution >= 4 is 34.7 Å². The number of halogens is 2. The molecule has 0 atom stereocenters. The average Bonchev–Trinajstić information content (AvgIpc) is 2.90. The first-order valence-corrected chi connectivity index (χ1v) is 7.90. The van der Waals surface area contributed by atoms with Crippen molar-refractivity contribution < 1.29 is 4.39 Å². The summed E-state index contributed by atoms with van der Waals surface area (Å²) in [5.74, 6) is 0.274. The Morgan fingerprint density at radius 3 is 2.95 bits per heavy atom. The van der Waals surface area contributed by atoms with Gasteiger partial charge in [0.15, 0.2) is 10.9 Å². The molecule has 118 valence electrons. The fraction of sp³-hybridized carbons (Fsp3) is 0.333. The summed E-state index contributed by atoms with van der Waals surface area (Å²) < 4.78 is 15.4. The van der Waals surface area contributed by atoms with E-state index in [1.807, 2.05) is 0 Å². The van der Waals surface area contributed by atoms with Crippen molar-refractivity contribution in [2.75, 3.05) is 11.9 Å². The van der Waals surface area contributed by atoms with Gasteiger partial charge in [0.05, 0.1) is 6.54 Å². The van der Waals surface area contributed by atoms with Crippen LogP contribution in [0.3, 0.4) is 0 Å². The van der Waals surface area contributed by atoms with Gasteiger partial charge in [-0.25, -0.2) is 4.39 Å². The topological polar surface area (TPSA) is 41.9 Å². The molecule has 2 N–H and O–H groups in total. The van der Waals surface area contributed by atoms with Crippen molar-refractivity contribution in [2.24, 2.45) is 0 Å². The van der Waals surface area contributed by atoms with Gasteiger partial charge in [0, 0.05) is 29.4 Å². The molecule has 0 aliphatic rings. The maximum absolute atomic E-state index is 13.8. The van der Waals surface area contributed by atoms with Crippen molar-refractivity contribution in [2.45, 2.75) is 26.3 Å². The Kier molecular flexibility index (Phi) is 6.15. The fourth-order valence-electron chi connectivity index (χ4n) is 1.90. The number of rotatable bonds is 6. The van der Waals surface area contributed by atoms with Gasteiger partial charge in [-0.1, -0.05) is 31.0 Å². The molecule has 0 unspecified atom stereocenters. The molecule has 2 aromatic rings. The van der Waals surface area contributed by atoms with Crippen molar-refractivity contribution in [3.8, 4) is 0 Å². The van der Waals surface area contributed by atoms with E-state index in [1.165, 1.54) is 6.07 Å². The van der Waals surface area contributed by atoms with Crippen LogP contribution >= 0.6 is 23.8 Å². The Balaban J connectivity index is 1.95. The molecule has 1 heterocycles. The van der Waals surface area contributed by atoms with Crippen molar-refractivity contribution in [1.82, 2.24) is 15.1 Å². The smallest absolute Gasteiger partial charge is 0.171 e. The van der Waals surface area contributed by atoms with Crippen LogP contribution in [-0.4, -0.2) is 21.4 Å². The van der Waals surface area contributed by atoms with Crippen LogP contribution in [0.2, 0.25) is 5.02 Å².